The fourth-order valence-electron chi connectivity index (χ4n) is 3.64. The van der Waals surface area contributed by atoms with Crippen molar-refractivity contribution in [3.8, 4) is 0 Å². The molecule has 1 unspecified atom stereocenters. The average molecular weight is 456 g/mol. The van der Waals surface area contributed by atoms with Gasteiger partial charge < -0.3 is 47.5 Å². The Kier molecular flexibility index (Phi) is 11.1. The summed E-state index contributed by atoms with van der Waals surface area (Å²) >= 11 is 0. The van der Waals surface area contributed by atoms with Crippen LogP contribution in [0.2, 0.25) is 0 Å². The van der Waals surface area contributed by atoms with E-state index in [4.69, 9.17) is 37.3 Å². The molecule has 32 heavy (non-hydrogen) atoms. The molecule has 1 fully saturated rings. The Labute approximate surface area is 187 Å². The van der Waals surface area contributed by atoms with Gasteiger partial charge in [0.25, 0.3) is 0 Å². The van der Waals surface area contributed by atoms with Gasteiger partial charge in [0.15, 0.2) is 11.8 Å². The van der Waals surface area contributed by atoms with Crippen molar-refractivity contribution in [2.45, 2.75) is 63.1 Å². The van der Waals surface area contributed by atoms with E-state index in [0.717, 1.165) is 25.7 Å². The van der Waals surface area contributed by atoms with Crippen LogP contribution in [-0.2, 0) is 4.74 Å². The number of nitrogens with zero attached hydrogens (tertiary/aromatic N) is 4. The van der Waals surface area contributed by atoms with Crippen LogP contribution in [0.4, 0.5) is 4.79 Å². The van der Waals surface area contributed by atoms with Crippen LogP contribution in [0.25, 0.3) is 0 Å². The molecule has 182 valence electrons. The van der Waals surface area contributed by atoms with Gasteiger partial charge in [-0.3, -0.25) is 4.99 Å². The number of unbranched alkanes of at least 4 members (excludes halogenated alkanes) is 1. The van der Waals surface area contributed by atoms with E-state index in [2.05, 4.69) is 20.4 Å². The molecule has 13 heteroatoms. The molecule has 2 rings (SSSR count). The third kappa shape index (κ3) is 8.22. The first kappa shape index (κ1) is 25.8. The van der Waals surface area contributed by atoms with Gasteiger partial charge in [0, 0.05) is 13.1 Å². The van der Waals surface area contributed by atoms with Crippen molar-refractivity contribution in [1.29, 1.82) is 0 Å². The topological polar surface area (TPSA) is 217 Å². The normalized spacial score (nSPS) is 17.8. The second kappa shape index (κ2) is 13.8. The molecule has 1 aliphatic heterocycles. The van der Waals surface area contributed by atoms with Gasteiger partial charge in [0.05, 0.1) is 18.7 Å². The van der Waals surface area contributed by atoms with Crippen LogP contribution < -0.4 is 28.3 Å². The third-order valence-corrected chi connectivity index (χ3v) is 5.34. The minimum Gasteiger partial charge on any atom is -0.371 e. The van der Waals surface area contributed by atoms with Crippen molar-refractivity contribution in [3.05, 3.63) is 11.7 Å². The summed E-state index contributed by atoms with van der Waals surface area (Å²) < 4.78 is 10.5. The van der Waals surface area contributed by atoms with Crippen LogP contribution in [0, 0.1) is 0 Å². The fraction of sp³-hybridized carbons (Fsp3) is 0.789. The lowest BCUT2D eigenvalue weighted by Crippen LogP contribution is -2.45. The lowest BCUT2D eigenvalue weighted by atomic mass is 10.1. The number of amides is 2. The number of rotatable bonds is 14. The molecule has 2 amide bonds. The maximum absolute atomic E-state index is 13.0. The smallest absolute Gasteiger partial charge is 0.318 e. The number of urea groups is 1. The monoisotopic (exact) mass is 455 g/mol. The number of aliphatic hydroxyl groups is 1. The Bertz CT molecular complexity index is 711. The number of hydrogen-bond donors (Lipinski definition) is 6. The number of aromatic nitrogens is 2. The van der Waals surface area contributed by atoms with Crippen molar-refractivity contribution < 1.29 is 19.2 Å². The van der Waals surface area contributed by atoms with Gasteiger partial charge in [0.2, 0.25) is 5.89 Å². The van der Waals surface area contributed by atoms with Crippen molar-refractivity contribution in [1.82, 2.24) is 20.4 Å². The minimum atomic E-state index is -0.519. The first-order valence-electron chi connectivity index (χ1n) is 11.1. The average Bonchev–Trinajstić information content (AvgIpc) is 3.44. The van der Waals surface area contributed by atoms with E-state index in [-0.39, 0.29) is 43.4 Å². The van der Waals surface area contributed by atoms with Crippen molar-refractivity contribution in [2.24, 2.45) is 27.9 Å². The number of carbonyl (C=O) groups excluding carboxylic acids is 1. The number of aliphatic imine (C=N–C) groups is 1. The number of hydrogen-bond acceptors (Lipinski definition) is 9. The van der Waals surface area contributed by atoms with Crippen LogP contribution in [0.1, 0.15) is 68.7 Å². The molecular weight excluding hydrogens is 418 g/mol. The Morgan fingerprint density at radius 2 is 2.16 bits per heavy atom. The van der Waals surface area contributed by atoms with Gasteiger partial charge >= 0.3 is 6.03 Å². The SMILES string of the molecule is NCCCC[C@H](N)c1noc([C@H](CCCN=C(N)N)NC(=O)N2CCCC2COCO)n1. The molecule has 2 heterocycles. The van der Waals surface area contributed by atoms with Gasteiger partial charge in [0.1, 0.15) is 12.8 Å². The van der Waals surface area contributed by atoms with Gasteiger partial charge in [-0.25, -0.2) is 4.79 Å². The lowest BCUT2D eigenvalue weighted by molar-refractivity contribution is -0.0189. The van der Waals surface area contributed by atoms with E-state index in [1.807, 2.05) is 0 Å². The van der Waals surface area contributed by atoms with Gasteiger partial charge in [-0.2, -0.15) is 4.98 Å². The largest absolute Gasteiger partial charge is 0.371 e. The number of carbonyl (C=O) groups is 1. The minimum absolute atomic E-state index is 0.0120. The Balaban J connectivity index is 2.05. The van der Waals surface area contributed by atoms with E-state index in [9.17, 15) is 4.79 Å². The highest BCUT2D eigenvalue weighted by molar-refractivity contribution is 5.76. The second-order valence-corrected chi connectivity index (χ2v) is 7.82. The molecule has 0 aliphatic carbocycles. The van der Waals surface area contributed by atoms with Crippen LogP contribution in [-0.4, -0.2) is 71.2 Å². The molecule has 1 saturated heterocycles. The van der Waals surface area contributed by atoms with Crippen molar-refractivity contribution in [2.75, 3.05) is 33.0 Å². The zero-order valence-electron chi connectivity index (χ0n) is 18.5. The van der Waals surface area contributed by atoms with Crippen LogP contribution in [0.3, 0.4) is 0 Å². The van der Waals surface area contributed by atoms with E-state index >= 15 is 0 Å². The summed E-state index contributed by atoms with van der Waals surface area (Å²) in [5.41, 5.74) is 22.5. The lowest BCUT2D eigenvalue weighted by Gasteiger charge is -2.26. The standard InChI is InChI=1S/C19H37N9O4/c20-8-2-1-6-14(21)16-26-17(32-27-16)15(7-3-9-24-18(22)23)25-19(30)28-10-4-5-13(28)11-31-12-29/h13-15,29H,1-12,20-21H2,(H,25,30)(H4,22,23,24)/t13?,14-,15-/m0/s1. The van der Waals surface area contributed by atoms with Crippen molar-refractivity contribution >= 4 is 12.0 Å². The molecule has 1 aromatic rings. The molecule has 0 radical (unpaired) electrons. The van der Waals surface area contributed by atoms with E-state index in [1.165, 1.54) is 0 Å². The van der Waals surface area contributed by atoms with Crippen LogP contribution in [0.15, 0.2) is 9.52 Å². The van der Waals surface area contributed by atoms with Crippen LogP contribution >= 0.6 is 0 Å². The van der Waals surface area contributed by atoms with Gasteiger partial charge in [-0.1, -0.05) is 11.6 Å². The molecule has 10 N–H and O–H groups in total. The summed E-state index contributed by atoms with van der Waals surface area (Å²) in [7, 11) is 0. The fourth-order valence-corrected chi connectivity index (χ4v) is 3.64. The first-order chi connectivity index (χ1) is 15.5. The van der Waals surface area contributed by atoms with Crippen LogP contribution in [0.5, 0.6) is 0 Å². The summed E-state index contributed by atoms with van der Waals surface area (Å²) in [4.78, 5) is 23.1. The zero-order chi connectivity index (χ0) is 23.3. The number of ether oxygens (including phenoxy) is 1. The molecule has 0 aromatic carbocycles. The summed E-state index contributed by atoms with van der Waals surface area (Å²) in [5.74, 6) is 0.698. The second-order valence-electron chi connectivity index (χ2n) is 7.82. The molecular formula is C19H37N9O4. The summed E-state index contributed by atoms with van der Waals surface area (Å²) in [6.07, 6.45) is 5.21. The molecule has 1 aromatic heterocycles. The summed E-state index contributed by atoms with van der Waals surface area (Å²) in [6, 6.07) is -1.24. The molecule has 0 bridgehead atoms. The Morgan fingerprint density at radius 3 is 2.88 bits per heavy atom. The molecule has 0 spiro atoms. The zero-order valence-corrected chi connectivity index (χ0v) is 18.5. The number of nitrogens with one attached hydrogen (secondary N) is 1. The predicted molar refractivity (Wildman–Crippen MR) is 118 cm³/mol. The number of aliphatic hydroxyl groups excluding tert-OH is 1. The van der Waals surface area contributed by atoms with Gasteiger partial charge in [-0.15, -0.1) is 0 Å². The highest BCUT2D eigenvalue weighted by atomic mass is 16.6. The van der Waals surface area contributed by atoms with E-state index < -0.39 is 6.04 Å². The summed E-state index contributed by atoms with van der Waals surface area (Å²) in [5, 5.41) is 15.9. The molecule has 1 aliphatic rings. The van der Waals surface area contributed by atoms with Gasteiger partial charge in [-0.05, 0) is 45.1 Å². The third-order valence-electron chi connectivity index (χ3n) is 5.34. The predicted octanol–water partition coefficient (Wildman–Crippen LogP) is -0.566. The summed E-state index contributed by atoms with van der Waals surface area (Å²) in [6.45, 7) is 1.52. The molecule has 3 atom stereocenters. The molecule has 13 nitrogen and oxygen atoms in total. The quantitative estimate of drug-likeness (QED) is 0.0908. The Morgan fingerprint density at radius 1 is 1.34 bits per heavy atom. The maximum Gasteiger partial charge on any atom is 0.318 e. The van der Waals surface area contributed by atoms with E-state index in [1.54, 1.807) is 4.90 Å². The van der Waals surface area contributed by atoms with Crippen molar-refractivity contribution in [3.63, 3.8) is 0 Å². The van der Waals surface area contributed by atoms with E-state index in [0.29, 0.717) is 44.7 Å². The Hall–Kier alpha value is -2.48. The number of nitrogens with two attached hydrogens (primary N) is 4. The number of likely N-dealkylation sites (tertiary alicyclic amines) is 1. The maximum atomic E-state index is 13.0. The first-order valence-corrected chi connectivity index (χ1v) is 11.1. The number of guanidine groups is 1. The highest BCUT2D eigenvalue weighted by Crippen LogP contribution is 2.23. The molecule has 0 saturated carbocycles. The highest BCUT2D eigenvalue weighted by Gasteiger charge is 2.31.